The second kappa shape index (κ2) is 8.56. The summed E-state index contributed by atoms with van der Waals surface area (Å²) in [6.45, 7) is 5.35. The lowest BCUT2D eigenvalue weighted by atomic mass is 9.98. The molecule has 1 unspecified atom stereocenters. The summed E-state index contributed by atoms with van der Waals surface area (Å²) >= 11 is 0.806. The Balaban J connectivity index is 2.25. The molecule has 1 heterocycles. The quantitative estimate of drug-likeness (QED) is 0.661. The van der Waals surface area contributed by atoms with Crippen molar-refractivity contribution in [3.8, 4) is 5.75 Å². The minimum Gasteiger partial charge on any atom is -0.497 e. The van der Waals surface area contributed by atoms with Crippen LogP contribution in [0.5, 0.6) is 5.75 Å². The molecule has 1 aromatic carbocycles. The first-order valence-corrected chi connectivity index (χ1v) is 10.3. The Morgan fingerprint density at radius 1 is 1.23 bits per heavy atom. The van der Waals surface area contributed by atoms with Gasteiger partial charge >= 0.3 is 0 Å². The summed E-state index contributed by atoms with van der Waals surface area (Å²) in [6, 6.07) is 6.82. The maximum Gasteiger partial charge on any atom is 0.270 e. The molecular formula is C16H22N4O4S2. The fourth-order valence-corrected chi connectivity index (χ4v) is 4.52. The zero-order valence-corrected chi connectivity index (χ0v) is 16.6. The third-order valence-corrected chi connectivity index (χ3v) is 6.12. The second-order valence-corrected chi connectivity index (χ2v) is 9.00. The van der Waals surface area contributed by atoms with E-state index in [2.05, 4.69) is 20.2 Å². The number of anilines is 1. The minimum absolute atomic E-state index is 0.141. The predicted molar refractivity (Wildman–Crippen MR) is 99.7 cm³/mol. The van der Waals surface area contributed by atoms with Gasteiger partial charge in [-0.05, 0) is 30.0 Å². The molecule has 2 N–H and O–H groups in total. The van der Waals surface area contributed by atoms with Gasteiger partial charge < -0.3 is 10.1 Å². The first-order valence-electron chi connectivity index (χ1n) is 7.98. The van der Waals surface area contributed by atoms with Crippen molar-refractivity contribution in [1.82, 2.24) is 14.9 Å². The number of methoxy groups -OCH3 is 1. The number of hydrogen-bond acceptors (Lipinski definition) is 7. The van der Waals surface area contributed by atoms with E-state index < -0.39 is 16.1 Å². The van der Waals surface area contributed by atoms with Crippen molar-refractivity contribution in [2.45, 2.75) is 37.6 Å². The summed E-state index contributed by atoms with van der Waals surface area (Å²) in [5.41, 5.74) is 0.828. The smallest absolute Gasteiger partial charge is 0.270 e. The van der Waals surface area contributed by atoms with Crippen molar-refractivity contribution >= 4 is 32.4 Å². The fourth-order valence-electron chi connectivity index (χ4n) is 2.32. The van der Waals surface area contributed by atoms with E-state index in [1.807, 2.05) is 26.0 Å². The van der Waals surface area contributed by atoms with Gasteiger partial charge in [-0.2, -0.15) is 0 Å². The number of nitrogens with one attached hydrogen (secondary N) is 2. The van der Waals surface area contributed by atoms with Gasteiger partial charge in [0.25, 0.3) is 10.0 Å². The zero-order chi connectivity index (χ0) is 19.3. The Bertz CT molecular complexity index is 847. The Kier molecular flexibility index (Phi) is 6.68. The summed E-state index contributed by atoms with van der Waals surface area (Å²) in [7, 11) is -2.30. The molecule has 0 radical (unpaired) electrons. The minimum atomic E-state index is -3.87. The molecule has 0 spiro atoms. The normalized spacial score (nSPS) is 12.8. The van der Waals surface area contributed by atoms with Crippen LogP contribution in [0.15, 0.2) is 28.6 Å². The largest absolute Gasteiger partial charge is 0.497 e. The van der Waals surface area contributed by atoms with Crippen LogP contribution < -0.4 is 14.8 Å². The molecule has 10 heteroatoms. The Labute approximate surface area is 157 Å². The lowest BCUT2D eigenvalue weighted by Gasteiger charge is -2.20. The van der Waals surface area contributed by atoms with Gasteiger partial charge in [0.2, 0.25) is 15.4 Å². The number of ether oxygens (including phenoxy) is 1. The number of benzene rings is 1. The number of nitrogens with zero attached hydrogens (tertiary/aromatic N) is 2. The van der Waals surface area contributed by atoms with Crippen LogP contribution in [0.3, 0.4) is 0 Å². The molecule has 1 amide bonds. The molecule has 142 valence electrons. The average molecular weight is 399 g/mol. The van der Waals surface area contributed by atoms with Crippen molar-refractivity contribution in [2.24, 2.45) is 5.92 Å². The molecule has 8 nitrogen and oxygen atoms in total. The van der Waals surface area contributed by atoms with Gasteiger partial charge in [0.1, 0.15) is 5.75 Å². The number of aromatic nitrogens is 2. The number of hydrogen-bond donors (Lipinski definition) is 2. The van der Waals surface area contributed by atoms with Gasteiger partial charge in [0.15, 0.2) is 0 Å². The van der Waals surface area contributed by atoms with Crippen LogP contribution >= 0.6 is 11.3 Å². The molecule has 0 fully saturated rings. The molecule has 0 aliphatic rings. The number of rotatable bonds is 8. The van der Waals surface area contributed by atoms with Crippen LogP contribution in [0.2, 0.25) is 0 Å². The highest BCUT2D eigenvalue weighted by molar-refractivity contribution is 7.91. The van der Waals surface area contributed by atoms with Crippen LogP contribution in [0.4, 0.5) is 5.13 Å². The number of amides is 1. The third-order valence-electron chi connectivity index (χ3n) is 3.44. The summed E-state index contributed by atoms with van der Waals surface area (Å²) in [5, 5.41) is 9.93. The van der Waals surface area contributed by atoms with Crippen LogP contribution in [-0.4, -0.2) is 31.6 Å². The summed E-state index contributed by atoms with van der Waals surface area (Å²) in [4.78, 5) is 11.1. The Morgan fingerprint density at radius 2 is 1.88 bits per heavy atom. The van der Waals surface area contributed by atoms with Crippen molar-refractivity contribution < 1.29 is 17.9 Å². The number of sulfonamides is 1. The lowest BCUT2D eigenvalue weighted by molar-refractivity contribution is -0.114. The highest BCUT2D eigenvalue weighted by Crippen LogP contribution is 2.27. The van der Waals surface area contributed by atoms with E-state index in [9.17, 15) is 13.2 Å². The van der Waals surface area contributed by atoms with E-state index >= 15 is 0 Å². The fraction of sp³-hybridized carbons (Fsp3) is 0.438. The Hall–Kier alpha value is -2.04. The highest BCUT2D eigenvalue weighted by atomic mass is 32.2. The molecular weight excluding hydrogens is 376 g/mol. The van der Waals surface area contributed by atoms with Crippen LogP contribution in [-0.2, 0) is 14.8 Å². The zero-order valence-electron chi connectivity index (χ0n) is 15.0. The van der Waals surface area contributed by atoms with E-state index in [0.717, 1.165) is 16.9 Å². The van der Waals surface area contributed by atoms with E-state index in [4.69, 9.17) is 4.74 Å². The third kappa shape index (κ3) is 5.48. The van der Waals surface area contributed by atoms with Gasteiger partial charge in [-0.3, -0.25) is 4.79 Å². The molecule has 26 heavy (non-hydrogen) atoms. The van der Waals surface area contributed by atoms with Gasteiger partial charge in [-0.1, -0.05) is 37.3 Å². The second-order valence-electron chi connectivity index (χ2n) is 6.13. The predicted octanol–water partition coefficient (Wildman–Crippen LogP) is 2.57. The Morgan fingerprint density at radius 3 is 2.42 bits per heavy atom. The number of carbonyl (C=O) groups excluding carboxylic acids is 1. The standard InChI is InChI=1S/C16H22N4O4S2/c1-10(2)9-14(12-5-7-13(24-4)8-6-12)20-26(22,23)16-19-18-15(25-16)17-11(3)21/h5-8,10,14,20H,9H2,1-4H3,(H,17,18,21). The maximum atomic E-state index is 12.7. The average Bonchev–Trinajstić information content (AvgIpc) is 3.02. The topological polar surface area (TPSA) is 110 Å². The molecule has 0 saturated carbocycles. The first-order chi connectivity index (χ1) is 12.2. The van der Waals surface area contributed by atoms with Gasteiger partial charge in [-0.25, -0.2) is 13.1 Å². The molecule has 0 bridgehead atoms. The molecule has 0 saturated heterocycles. The first kappa shape index (κ1) is 20.3. The highest BCUT2D eigenvalue weighted by Gasteiger charge is 2.26. The molecule has 2 aromatic rings. The van der Waals surface area contributed by atoms with Gasteiger partial charge in [0, 0.05) is 13.0 Å². The van der Waals surface area contributed by atoms with E-state index in [0.29, 0.717) is 12.2 Å². The molecule has 1 atom stereocenters. The van der Waals surface area contributed by atoms with E-state index in [-0.39, 0.29) is 21.3 Å². The molecule has 0 aliphatic heterocycles. The van der Waals surface area contributed by atoms with Crippen LogP contribution in [0.1, 0.15) is 38.8 Å². The van der Waals surface area contributed by atoms with E-state index in [1.54, 1.807) is 19.2 Å². The van der Waals surface area contributed by atoms with Crippen molar-refractivity contribution in [3.05, 3.63) is 29.8 Å². The summed E-state index contributed by atoms with van der Waals surface area (Å²) in [5.74, 6) is 0.632. The lowest BCUT2D eigenvalue weighted by Crippen LogP contribution is -2.29. The molecule has 2 rings (SSSR count). The van der Waals surface area contributed by atoms with E-state index in [1.165, 1.54) is 6.92 Å². The monoisotopic (exact) mass is 398 g/mol. The van der Waals surface area contributed by atoms with Crippen molar-refractivity contribution in [3.63, 3.8) is 0 Å². The summed E-state index contributed by atoms with van der Waals surface area (Å²) in [6.07, 6.45) is 0.614. The molecule has 1 aromatic heterocycles. The molecule has 0 aliphatic carbocycles. The van der Waals surface area contributed by atoms with Crippen molar-refractivity contribution in [2.75, 3.05) is 12.4 Å². The van der Waals surface area contributed by atoms with Crippen LogP contribution in [0.25, 0.3) is 0 Å². The van der Waals surface area contributed by atoms with Gasteiger partial charge in [-0.15, -0.1) is 10.2 Å². The van der Waals surface area contributed by atoms with Gasteiger partial charge in [0.05, 0.1) is 7.11 Å². The van der Waals surface area contributed by atoms with Crippen molar-refractivity contribution in [1.29, 1.82) is 0 Å². The van der Waals surface area contributed by atoms with Crippen LogP contribution in [0, 0.1) is 5.92 Å². The maximum absolute atomic E-state index is 12.7. The number of carbonyl (C=O) groups is 1. The summed E-state index contributed by atoms with van der Waals surface area (Å²) < 4.78 is 33.0. The SMILES string of the molecule is COc1ccc(C(CC(C)C)NS(=O)(=O)c2nnc(NC(C)=O)s2)cc1.